The molecule has 3 heterocycles. The standard InChI is InChI=1S/C28H38FN7O3/c1-18(2)27-33-28(39-34-27)35-9-5-19(6-10-35)23-13-20(23)7-12-38-22-4-3-21(24(29)15-22)14-26(37)36-11-8-31-25(16-36)32-17-30/h3-4,15,17-20,23H,5-14,16H2,1-2H3,(H2,30,31,32)/t20-,23-/m1/s1. The Morgan fingerprint density at radius 1 is 1.31 bits per heavy atom. The van der Waals surface area contributed by atoms with Gasteiger partial charge in [-0.05, 0) is 55.1 Å². The van der Waals surface area contributed by atoms with E-state index in [1.165, 1.54) is 18.8 Å². The van der Waals surface area contributed by atoms with Crippen LogP contribution in [0.2, 0.25) is 0 Å². The first-order chi connectivity index (χ1) is 18.9. The molecule has 0 unspecified atom stereocenters. The zero-order chi connectivity index (χ0) is 27.4. The molecule has 0 radical (unpaired) electrons. The molecule has 3 aliphatic rings. The predicted molar refractivity (Wildman–Crippen MR) is 147 cm³/mol. The molecule has 10 nitrogen and oxygen atoms in total. The number of amidine groups is 1. The Morgan fingerprint density at radius 2 is 2.13 bits per heavy atom. The second-order valence-electron chi connectivity index (χ2n) is 11.0. The van der Waals surface area contributed by atoms with Crippen molar-refractivity contribution in [1.29, 1.82) is 0 Å². The van der Waals surface area contributed by atoms with Gasteiger partial charge >= 0.3 is 6.01 Å². The summed E-state index contributed by atoms with van der Waals surface area (Å²) in [5, 5.41) is 4.08. The molecule has 210 valence electrons. The third-order valence-corrected chi connectivity index (χ3v) is 8.04. The van der Waals surface area contributed by atoms with Gasteiger partial charge in [-0.15, -0.1) is 0 Å². The van der Waals surface area contributed by atoms with Gasteiger partial charge in [0.25, 0.3) is 0 Å². The molecule has 11 heteroatoms. The minimum absolute atomic E-state index is 0.0142. The number of halogens is 1. The summed E-state index contributed by atoms with van der Waals surface area (Å²) in [5.41, 5.74) is 5.67. The van der Waals surface area contributed by atoms with E-state index in [2.05, 4.69) is 38.9 Å². The maximum atomic E-state index is 14.7. The van der Waals surface area contributed by atoms with Crippen molar-refractivity contribution < 1.29 is 18.4 Å². The van der Waals surface area contributed by atoms with Gasteiger partial charge in [0.15, 0.2) is 5.82 Å². The van der Waals surface area contributed by atoms with Crippen LogP contribution in [0.25, 0.3) is 0 Å². The average molecular weight is 540 g/mol. The lowest BCUT2D eigenvalue weighted by atomic mass is 9.90. The molecule has 1 amide bonds. The molecule has 1 aliphatic carbocycles. The highest BCUT2D eigenvalue weighted by Gasteiger charge is 2.43. The van der Waals surface area contributed by atoms with Crippen molar-refractivity contribution in [2.45, 2.75) is 51.9 Å². The molecule has 2 atom stereocenters. The van der Waals surface area contributed by atoms with Crippen LogP contribution >= 0.6 is 0 Å². The van der Waals surface area contributed by atoms with Crippen molar-refractivity contribution >= 4 is 24.1 Å². The number of hydrogen-bond donors (Lipinski definition) is 1. The van der Waals surface area contributed by atoms with E-state index in [4.69, 9.17) is 15.0 Å². The number of piperidine rings is 1. The van der Waals surface area contributed by atoms with Crippen molar-refractivity contribution in [2.24, 2.45) is 33.5 Å². The fourth-order valence-electron chi connectivity index (χ4n) is 5.63. The smallest absolute Gasteiger partial charge is 0.324 e. The lowest BCUT2D eigenvalue weighted by Crippen LogP contribution is -2.41. The Balaban J connectivity index is 1.02. The number of rotatable bonds is 9. The van der Waals surface area contributed by atoms with E-state index in [0.717, 1.165) is 50.0 Å². The molecular formula is C28H38FN7O3. The minimum atomic E-state index is -0.426. The Labute approximate surface area is 228 Å². The van der Waals surface area contributed by atoms with E-state index in [0.29, 0.717) is 48.8 Å². The van der Waals surface area contributed by atoms with Crippen molar-refractivity contribution in [2.75, 3.05) is 44.2 Å². The number of nitrogens with zero attached hydrogens (tertiary/aromatic N) is 6. The number of aliphatic imine (C=N–C) groups is 2. The summed E-state index contributed by atoms with van der Waals surface area (Å²) in [4.78, 5) is 29.2. The van der Waals surface area contributed by atoms with E-state index in [-0.39, 0.29) is 24.8 Å². The fraction of sp³-hybridized carbons (Fsp3) is 0.607. The number of ether oxygens (including phenoxy) is 1. The molecule has 1 saturated carbocycles. The van der Waals surface area contributed by atoms with Crippen LogP contribution in [0, 0.1) is 23.6 Å². The summed E-state index contributed by atoms with van der Waals surface area (Å²) < 4.78 is 26.1. The maximum Gasteiger partial charge on any atom is 0.324 e. The number of amides is 1. The average Bonchev–Trinajstić information content (AvgIpc) is 3.52. The second kappa shape index (κ2) is 12.1. The Morgan fingerprint density at radius 3 is 2.85 bits per heavy atom. The first kappa shape index (κ1) is 27.1. The summed E-state index contributed by atoms with van der Waals surface area (Å²) in [6.45, 7) is 7.84. The molecule has 0 bridgehead atoms. The van der Waals surface area contributed by atoms with Crippen LogP contribution in [-0.4, -0.2) is 72.5 Å². The van der Waals surface area contributed by atoms with Gasteiger partial charge in [-0.2, -0.15) is 4.98 Å². The zero-order valence-electron chi connectivity index (χ0n) is 22.8. The van der Waals surface area contributed by atoms with Gasteiger partial charge in [0.05, 0.1) is 32.5 Å². The molecule has 1 saturated heterocycles. The monoisotopic (exact) mass is 539 g/mol. The molecule has 2 N–H and O–H groups in total. The van der Waals surface area contributed by atoms with Gasteiger partial charge in [-0.25, -0.2) is 9.38 Å². The Hall–Kier alpha value is -3.50. The van der Waals surface area contributed by atoms with Crippen LogP contribution in [-0.2, 0) is 11.2 Å². The molecule has 0 spiro atoms. The van der Waals surface area contributed by atoms with E-state index < -0.39 is 5.82 Å². The summed E-state index contributed by atoms with van der Waals surface area (Å²) in [6.07, 6.45) is 5.63. The topological polar surface area (TPSA) is 122 Å². The highest BCUT2D eigenvalue weighted by atomic mass is 19.1. The summed E-state index contributed by atoms with van der Waals surface area (Å²) in [5.74, 6) is 3.57. The van der Waals surface area contributed by atoms with Gasteiger partial charge in [0.1, 0.15) is 17.4 Å². The molecule has 5 rings (SSSR count). The van der Waals surface area contributed by atoms with Crippen LogP contribution in [0.1, 0.15) is 56.8 Å². The lowest BCUT2D eigenvalue weighted by molar-refractivity contribution is -0.129. The number of aromatic nitrogens is 2. The van der Waals surface area contributed by atoms with E-state index in [9.17, 15) is 9.18 Å². The second-order valence-corrected chi connectivity index (χ2v) is 11.0. The van der Waals surface area contributed by atoms with Crippen LogP contribution in [0.15, 0.2) is 32.7 Å². The predicted octanol–water partition coefficient (Wildman–Crippen LogP) is 3.42. The van der Waals surface area contributed by atoms with Crippen LogP contribution in [0.4, 0.5) is 10.4 Å². The van der Waals surface area contributed by atoms with Gasteiger partial charge in [-0.3, -0.25) is 9.79 Å². The molecule has 1 aromatic carbocycles. The van der Waals surface area contributed by atoms with Gasteiger partial charge in [-0.1, -0.05) is 25.1 Å². The highest BCUT2D eigenvalue weighted by Crippen LogP contribution is 2.50. The first-order valence-electron chi connectivity index (χ1n) is 14.0. The fourth-order valence-corrected chi connectivity index (χ4v) is 5.63. The molecule has 2 fully saturated rings. The lowest BCUT2D eigenvalue weighted by Gasteiger charge is -2.30. The molecule has 1 aromatic heterocycles. The van der Waals surface area contributed by atoms with Crippen molar-refractivity contribution in [3.05, 3.63) is 35.4 Å². The van der Waals surface area contributed by atoms with Crippen molar-refractivity contribution in [3.8, 4) is 5.75 Å². The molecular weight excluding hydrogens is 501 g/mol. The highest BCUT2D eigenvalue weighted by molar-refractivity contribution is 5.94. The number of benzene rings is 1. The van der Waals surface area contributed by atoms with E-state index >= 15 is 0 Å². The third-order valence-electron chi connectivity index (χ3n) is 8.04. The van der Waals surface area contributed by atoms with Gasteiger partial charge < -0.3 is 24.8 Å². The third kappa shape index (κ3) is 6.75. The summed E-state index contributed by atoms with van der Waals surface area (Å²) in [7, 11) is 0. The number of carbonyl (C=O) groups excluding carboxylic acids is 1. The molecule has 2 aromatic rings. The van der Waals surface area contributed by atoms with Crippen molar-refractivity contribution in [3.63, 3.8) is 0 Å². The SMILES string of the molecule is CC(C)c1noc(N2CCC([C@H]3C[C@H]3CCOc3ccc(CC(=O)N4CCN=C(N=CN)C4)c(F)c3)CC2)n1. The minimum Gasteiger partial charge on any atom is -0.493 e. The summed E-state index contributed by atoms with van der Waals surface area (Å²) in [6, 6.07) is 5.41. The number of anilines is 1. The number of nitrogens with two attached hydrogens (primary N) is 1. The van der Waals surface area contributed by atoms with Crippen LogP contribution < -0.4 is 15.4 Å². The Bertz CT molecular complexity index is 1210. The first-order valence-corrected chi connectivity index (χ1v) is 14.0. The van der Waals surface area contributed by atoms with Crippen molar-refractivity contribution in [1.82, 2.24) is 15.0 Å². The normalized spacial score (nSPS) is 22.0. The largest absolute Gasteiger partial charge is 0.493 e. The maximum absolute atomic E-state index is 14.7. The Kier molecular flexibility index (Phi) is 8.42. The molecule has 39 heavy (non-hydrogen) atoms. The van der Waals surface area contributed by atoms with Gasteiger partial charge in [0.2, 0.25) is 5.91 Å². The zero-order valence-corrected chi connectivity index (χ0v) is 22.8. The number of carbonyl (C=O) groups is 1. The van der Waals surface area contributed by atoms with E-state index in [1.54, 1.807) is 17.0 Å². The van der Waals surface area contributed by atoms with Crippen LogP contribution in [0.5, 0.6) is 5.75 Å². The van der Waals surface area contributed by atoms with Gasteiger partial charge in [0, 0.05) is 31.6 Å². The number of hydrogen-bond acceptors (Lipinski definition) is 8. The van der Waals surface area contributed by atoms with Crippen LogP contribution in [0.3, 0.4) is 0 Å². The van der Waals surface area contributed by atoms with E-state index in [1.807, 2.05) is 0 Å². The summed E-state index contributed by atoms with van der Waals surface area (Å²) >= 11 is 0. The molecule has 2 aliphatic heterocycles. The quantitative estimate of drug-likeness (QED) is 0.383.